The maximum atomic E-state index is 11.9. The van der Waals surface area contributed by atoms with Gasteiger partial charge in [-0.25, -0.2) is 0 Å². The highest BCUT2D eigenvalue weighted by Crippen LogP contribution is 2.14. The van der Waals surface area contributed by atoms with Crippen LogP contribution in [0.25, 0.3) is 0 Å². The molecule has 0 saturated heterocycles. The summed E-state index contributed by atoms with van der Waals surface area (Å²) in [5.74, 6) is -0.0598. The Morgan fingerprint density at radius 2 is 1.70 bits per heavy atom. The van der Waals surface area contributed by atoms with Crippen molar-refractivity contribution >= 4 is 44.7 Å². The highest BCUT2D eigenvalue weighted by atomic mass is 79.9. The molecule has 0 aromatic heterocycles. The molecule has 0 atom stereocenters. The van der Waals surface area contributed by atoms with E-state index in [4.69, 9.17) is 18.0 Å². The lowest BCUT2D eigenvalue weighted by Crippen LogP contribution is -2.14. The monoisotopic (exact) mass is 348 g/mol. The molecule has 3 N–H and O–H groups in total. The van der Waals surface area contributed by atoms with Crippen LogP contribution in [0, 0.1) is 0 Å². The average Bonchev–Trinajstić information content (AvgIpc) is 2.42. The van der Waals surface area contributed by atoms with Gasteiger partial charge in [0.25, 0.3) is 0 Å². The first-order valence-electron chi connectivity index (χ1n) is 5.99. The third-order valence-electron chi connectivity index (χ3n) is 2.73. The Morgan fingerprint density at radius 1 is 1.10 bits per heavy atom. The van der Waals surface area contributed by atoms with Crippen LogP contribution in [0.5, 0.6) is 0 Å². The zero-order chi connectivity index (χ0) is 14.5. The topological polar surface area (TPSA) is 55.1 Å². The Bertz CT molecular complexity index is 623. The van der Waals surface area contributed by atoms with Gasteiger partial charge in [0.05, 0.1) is 6.42 Å². The fraction of sp³-hybridized carbons (Fsp3) is 0.0667. The van der Waals surface area contributed by atoms with Crippen LogP contribution in [0.2, 0.25) is 0 Å². The molecular formula is C15H13BrN2OS. The van der Waals surface area contributed by atoms with Gasteiger partial charge in [-0.2, -0.15) is 0 Å². The number of amides is 1. The van der Waals surface area contributed by atoms with Crippen LogP contribution in [0.4, 0.5) is 5.69 Å². The van der Waals surface area contributed by atoms with Crippen LogP contribution in [-0.4, -0.2) is 10.9 Å². The van der Waals surface area contributed by atoms with E-state index in [2.05, 4.69) is 21.2 Å². The SMILES string of the molecule is NC(=S)c1ccc(CC(=O)Nc2ccc(Br)cc2)cc1. The number of rotatable bonds is 4. The lowest BCUT2D eigenvalue weighted by Gasteiger charge is -2.06. The van der Waals surface area contributed by atoms with E-state index in [0.29, 0.717) is 11.4 Å². The maximum Gasteiger partial charge on any atom is 0.228 e. The van der Waals surface area contributed by atoms with Crippen molar-refractivity contribution in [2.75, 3.05) is 5.32 Å². The summed E-state index contributed by atoms with van der Waals surface area (Å²) in [6, 6.07) is 14.8. The van der Waals surface area contributed by atoms with E-state index in [1.54, 1.807) is 0 Å². The number of thiocarbonyl (C=S) groups is 1. The number of hydrogen-bond donors (Lipinski definition) is 2. The second kappa shape index (κ2) is 6.63. The normalized spacial score (nSPS) is 10.1. The van der Waals surface area contributed by atoms with Gasteiger partial charge < -0.3 is 11.1 Å². The standard InChI is InChI=1S/C15H13BrN2OS/c16-12-5-7-13(8-6-12)18-14(19)9-10-1-3-11(4-2-10)15(17)20/h1-8H,9H2,(H2,17,20)(H,18,19). The van der Waals surface area contributed by atoms with E-state index in [-0.39, 0.29) is 5.91 Å². The largest absolute Gasteiger partial charge is 0.389 e. The molecule has 0 radical (unpaired) electrons. The van der Waals surface area contributed by atoms with Crippen LogP contribution >= 0.6 is 28.1 Å². The van der Waals surface area contributed by atoms with Gasteiger partial charge in [-0.1, -0.05) is 52.4 Å². The van der Waals surface area contributed by atoms with Crippen LogP contribution in [0.1, 0.15) is 11.1 Å². The summed E-state index contributed by atoms with van der Waals surface area (Å²) < 4.78 is 0.976. The summed E-state index contributed by atoms with van der Waals surface area (Å²) in [5, 5.41) is 2.84. The van der Waals surface area contributed by atoms with Crippen molar-refractivity contribution < 1.29 is 4.79 Å². The van der Waals surface area contributed by atoms with Crippen molar-refractivity contribution in [2.24, 2.45) is 5.73 Å². The molecule has 3 nitrogen and oxygen atoms in total. The number of nitrogens with one attached hydrogen (secondary N) is 1. The molecular weight excluding hydrogens is 336 g/mol. The number of halogens is 1. The van der Waals surface area contributed by atoms with Crippen LogP contribution < -0.4 is 11.1 Å². The van der Waals surface area contributed by atoms with Crippen molar-refractivity contribution in [1.82, 2.24) is 0 Å². The molecule has 0 aliphatic carbocycles. The van der Waals surface area contributed by atoms with Crippen molar-refractivity contribution in [3.63, 3.8) is 0 Å². The number of benzene rings is 2. The predicted molar refractivity (Wildman–Crippen MR) is 88.8 cm³/mol. The second-order valence-corrected chi connectivity index (χ2v) is 5.65. The van der Waals surface area contributed by atoms with E-state index in [1.807, 2.05) is 48.5 Å². The molecule has 2 aromatic carbocycles. The van der Waals surface area contributed by atoms with Crippen molar-refractivity contribution in [3.05, 3.63) is 64.1 Å². The molecule has 102 valence electrons. The summed E-state index contributed by atoms with van der Waals surface area (Å²) in [4.78, 5) is 12.3. The van der Waals surface area contributed by atoms with Crippen LogP contribution in [-0.2, 0) is 11.2 Å². The number of carbonyl (C=O) groups is 1. The zero-order valence-corrected chi connectivity index (χ0v) is 13.0. The molecule has 2 rings (SSSR count). The third kappa shape index (κ3) is 4.15. The summed E-state index contributed by atoms with van der Waals surface area (Å²) >= 11 is 8.24. The van der Waals surface area contributed by atoms with E-state index < -0.39 is 0 Å². The van der Waals surface area contributed by atoms with E-state index >= 15 is 0 Å². The smallest absolute Gasteiger partial charge is 0.228 e. The second-order valence-electron chi connectivity index (χ2n) is 4.29. The summed E-state index contributed by atoms with van der Waals surface area (Å²) in [6.07, 6.45) is 0.313. The van der Waals surface area contributed by atoms with E-state index in [0.717, 1.165) is 21.3 Å². The Morgan fingerprint density at radius 3 is 2.25 bits per heavy atom. The van der Waals surface area contributed by atoms with Gasteiger partial charge in [0.1, 0.15) is 4.99 Å². The third-order valence-corrected chi connectivity index (χ3v) is 3.50. The first-order valence-corrected chi connectivity index (χ1v) is 7.19. The summed E-state index contributed by atoms with van der Waals surface area (Å²) in [5.41, 5.74) is 8.02. The van der Waals surface area contributed by atoms with Crippen molar-refractivity contribution in [2.45, 2.75) is 6.42 Å². The fourth-order valence-electron chi connectivity index (χ4n) is 1.71. The molecule has 20 heavy (non-hydrogen) atoms. The molecule has 0 saturated carbocycles. The Labute approximate surface area is 131 Å². The van der Waals surface area contributed by atoms with E-state index in [9.17, 15) is 4.79 Å². The van der Waals surface area contributed by atoms with Gasteiger partial charge in [-0.15, -0.1) is 0 Å². The maximum absolute atomic E-state index is 11.9. The van der Waals surface area contributed by atoms with Crippen LogP contribution in [0.3, 0.4) is 0 Å². The number of carbonyl (C=O) groups excluding carboxylic acids is 1. The quantitative estimate of drug-likeness (QED) is 0.833. The zero-order valence-electron chi connectivity index (χ0n) is 10.6. The van der Waals surface area contributed by atoms with Gasteiger partial charge in [0, 0.05) is 15.7 Å². The van der Waals surface area contributed by atoms with Gasteiger partial charge in [0.2, 0.25) is 5.91 Å². The Hall–Kier alpha value is -1.72. The minimum absolute atomic E-state index is 0.0598. The number of anilines is 1. The average molecular weight is 349 g/mol. The van der Waals surface area contributed by atoms with Crippen molar-refractivity contribution in [3.8, 4) is 0 Å². The molecule has 0 bridgehead atoms. The Kier molecular flexibility index (Phi) is 4.87. The Balaban J connectivity index is 1.97. The van der Waals surface area contributed by atoms with Crippen molar-refractivity contribution in [1.29, 1.82) is 0 Å². The lowest BCUT2D eigenvalue weighted by atomic mass is 10.1. The lowest BCUT2D eigenvalue weighted by molar-refractivity contribution is -0.115. The first kappa shape index (κ1) is 14.7. The highest BCUT2D eigenvalue weighted by Gasteiger charge is 2.05. The molecule has 0 aliphatic heterocycles. The van der Waals surface area contributed by atoms with Gasteiger partial charge in [0.15, 0.2) is 0 Å². The minimum atomic E-state index is -0.0598. The fourth-order valence-corrected chi connectivity index (χ4v) is 2.11. The molecule has 0 unspecified atom stereocenters. The molecule has 0 fully saturated rings. The molecule has 0 spiro atoms. The molecule has 0 aliphatic rings. The molecule has 1 amide bonds. The van der Waals surface area contributed by atoms with Gasteiger partial charge in [-0.3, -0.25) is 4.79 Å². The molecule has 0 heterocycles. The molecule has 2 aromatic rings. The minimum Gasteiger partial charge on any atom is -0.389 e. The summed E-state index contributed by atoms with van der Waals surface area (Å²) in [6.45, 7) is 0. The summed E-state index contributed by atoms with van der Waals surface area (Å²) in [7, 11) is 0. The number of hydrogen-bond acceptors (Lipinski definition) is 2. The molecule has 5 heteroatoms. The predicted octanol–water partition coefficient (Wildman–Crippen LogP) is 3.26. The number of nitrogens with two attached hydrogens (primary N) is 1. The highest BCUT2D eigenvalue weighted by molar-refractivity contribution is 9.10. The van der Waals surface area contributed by atoms with E-state index in [1.165, 1.54) is 0 Å². The van der Waals surface area contributed by atoms with Crippen LogP contribution in [0.15, 0.2) is 53.0 Å². The first-order chi connectivity index (χ1) is 9.54. The van der Waals surface area contributed by atoms with Gasteiger partial charge in [-0.05, 0) is 29.8 Å². The van der Waals surface area contributed by atoms with Gasteiger partial charge >= 0.3 is 0 Å².